The Morgan fingerprint density at radius 1 is 1.23 bits per heavy atom. The van der Waals surface area contributed by atoms with Crippen LogP contribution in [0.5, 0.6) is 5.75 Å². The SMILES string of the molecule is CC(C)(C)OC(=O)Nc1ccc(CC(=O)C(F)(F)F)c(O)c1. The number of phenolic OH excluding ortho intramolecular Hbond substituents is 1. The number of carbonyl (C=O) groups is 2. The highest BCUT2D eigenvalue weighted by Crippen LogP contribution is 2.26. The van der Waals surface area contributed by atoms with Crippen molar-refractivity contribution in [1.29, 1.82) is 0 Å². The van der Waals surface area contributed by atoms with Crippen LogP contribution in [-0.2, 0) is 16.0 Å². The van der Waals surface area contributed by atoms with Crippen LogP contribution in [0.2, 0.25) is 0 Å². The molecule has 1 rings (SSSR count). The quantitative estimate of drug-likeness (QED) is 0.895. The third-order valence-electron chi connectivity index (χ3n) is 2.40. The van der Waals surface area contributed by atoms with E-state index in [2.05, 4.69) is 5.32 Å². The monoisotopic (exact) mass is 319 g/mol. The molecule has 22 heavy (non-hydrogen) atoms. The van der Waals surface area contributed by atoms with E-state index >= 15 is 0 Å². The van der Waals surface area contributed by atoms with Crippen molar-refractivity contribution in [3.8, 4) is 5.75 Å². The summed E-state index contributed by atoms with van der Waals surface area (Å²) in [5.41, 5.74) is -0.766. The average molecular weight is 319 g/mol. The molecule has 122 valence electrons. The molecule has 1 aromatic rings. The van der Waals surface area contributed by atoms with Crippen LogP contribution in [0.15, 0.2) is 18.2 Å². The van der Waals surface area contributed by atoms with Crippen LogP contribution >= 0.6 is 0 Å². The second-order valence-corrected chi connectivity index (χ2v) is 5.57. The summed E-state index contributed by atoms with van der Waals surface area (Å²) in [5, 5.41) is 12.0. The second-order valence-electron chi connectivity index (χ2n) is 5.57. The number of anilines is 1. The zero-order valence-electron chi connectivity index (χ0n) is 12.2. The van der Waals surface area contributed by atoms with Crippen LogP contribution < -0.4 is 5.32 Å². The van der Waals surface area contributed by atoms with Gasteiger partial charge >= 0.3 is 12.3 Å². The lowest BCUT2D eigenvalue weighted by Crippen LogP contribution is -2.27. The number of nitrogens with one attached hydrogen (secondary N) is 1. The molecule has 0 radical (unpaired) electrons. The number of ether oxygens (including phenoxy) is 1. The van der Waals surface area contributed by atoms with Gasteiger partial charge < -0.3 is 9.84 Å². The molecule has 0 saturated carbocycles. The summed E-state index contributed by atoms with van der Waals surface area (Å²) in [7, 11) is 0. The average Bonchev–Trinajstić information content (AvgIpc) is 2.28. The second kappa shape index (κ2) is 6.25. The molecule has 0 heterocycles. The molecule has 5 nitrogen and oxygen atoms in total. The van der Waals surface area contributed by atoms with E-state index in [-0.39, 0.29) is 11.3 Å². The highest BCUT2D eigenvalue weighted by molar-refractivity contribution is 5.88. The first kappa shape index (κ1) is 17.8. The van der Waals surface area contributed by atoms with Crippen LogP contribution in [0.25, 0.3) is 0 Å². The van der Waals surface area contributed by atoms with Crippen molar-refractivity contribution < 1.29 is 32.6 Å². The molecule has 0 unspecified atom stereocenters. The summed E-state index contributed by atoms with van der Waals surface area (Å²) in [6, 6.07) is 3.44. The van der Waals surface area contributed by atoms with Crippen molar-refractivity contribution in [3.05, 3.63) is 23.8 Å². The molecule has 2 N–H and O–H groups in total. The zero-order chi connectivity index (χ0) is 17.1. The fraction of sp³-hybridized carbons (Fsp3) is 0.429. The Morgan fingerprint density at radius 2 is 1.82 bits per heavy atom. The maximum atomic E-state index is 12.2. The van der Waals surface area contributed by atoms with Crippen molar-refractivity contribution in [3.63, 3.8) is 0 Å². The van der Waals surface area contributed by atoms with E-state index in [1.54, 1.807) is 20.8 Å². The largest absolute Gasteiger partial charge is 0.508 e. The number of alkyl halides is 3. The van der Waals surface area contributed by atoms with E-state index < -0.39 is 35.8 Å². The Hall–Kier alpha value is -2.25. The van der Waals surface area contributed by atoms with Gasteiger partial charge in [-0.1, -0.05) is 6.07 Å². The number of rotatable bonds is 3. The van der Waals surface area contributed by atoms with E-state index in [0.717, 1.165) is 12.1 Å². The summed E-state index contributed by atoms with van der Waals surface area (Å²) < 4.78 is 41.5. The van der Waals surface area contributed by atoms with Crippen LogP contribution in [0, 0.1) is 0 Å². The maximum Gasteiger partial charge on any atom is 0.450 e. The molecule has 8 heteroatoms. The summed E-state index contributed by atoms with van der Waals surface area (Å²) in [6.45, 7) is 4.99. The molecular weight excluding hydrogens is 303 g/mol. The number of carbonyl (C=O) groups excluding carboxylic acids is 2. The van der Waals surface area contributed by atoms with Gasteiger partial charge in [0.25, 0.3) is 0 Å². The standard InChI is InChI=1S/C14H16F3NO4/c1-13(2,3)22-12(21)18-9-5-4-8(10(19)7-9)6-11(20)14(15,16)17/h4-5,7,19H,6H2,1-3H3,(H,18,21). The molecule has 1 aromatic carbocycles. The van der Waals surface area contributed by atoms with Gasteiger partial charge in [-0.2, -0.15) is 13.2 Å². The van der Waals surface area contributed by atoms with Crippen LogP contribution in [0.4, 0.5) is 23.7 Å². The molecule has 0 fully saturated rings. The molecule has 0 aliphatic carbocycles. The Balaban J connectivity index is 2.78. The van der Waals surface area contributed by atoms with Gasteiger partial charge in [-0.25, -0.2) is 4.79 Å². The Labute approximate surface area is 125 Å². The minimum Gasteiger partial charge on any atom is -0.508 e. The van der Waals surface area contributed by atoms with E-state index in [4.69, 9.17) is 4.74 Å². The predicted molar refractivity (Wildman–Crippen MR) is 72.7 cm³/mol. The number of hydrogen-bond donors (Lipinski definition) is 2. The van der Waals surface area contributed by atoms with E-state index in [1.807, 2.05) is 0 Å². The number of Topliss-reactive ketones (excluding diaryl/α,β-unsaturated/α-hetero) is 1. The first-order chi connectivity index (χ1) is 9.88. The van der Waals surface area contributed by atoms with Gasteiger partial charge in [-0.15, -0.1) is 0 Å². The van der Waals surface area contributed by atoms with Crippen molar-refractivity contribution in [2.24, 2.45) is 0 Å². The number of ketones is 1. The molecule has 0 atom stereocenters. The van der Waals surface area contributed by atoms with Gasteiger partial charge in [0, 0.05) is 23.7 Å². The van der Waals surface area contributed by atoms with Crippen LogP contribution in [0.1, 0.15) is 26.3 Å². The summed E-state index contributed by atoms with van der Waals surface area (Å²) in [6.07, 6.45) is -6.70. The molecule has 0 spiro atoms. The zero-order valence-corrected chi connectivity index (χ0v) is 12.2. The van der Waals surface area contributed by atoms with Crippen LogP contribution in [-0.4, -0.2) is 28.8 Å². The first-order valence-electron chi connectivity index (χ1n) is 6.30. The Bertz CT molecular complexity index is 576. The Kier molecular flexibility index (Phi) is 5.05. The fourth-order valence-corrected chi connectivity index (χ4v) is 1.49. The normalized spacial score (nSPS) is 11.9. The maximum absolute atomic E-state index is 12.2. The van der Waals surface area contributed by atoms with Crippen LogP contribution in [0.3, 0.4) is 0 Å². The summed E-state index contributed by atoms with van der Waals surface area (Å²) in [5.74, 6) is -2.48. The highest BCUT2D eigenvalue weighted by atomic mass is 19.4. The number of benzene rings is 1. The van der Waals surface area contributed by atoms with Gasteiger partial charge in [0.05, 0.1) is 0 Å². The van der Waals surface area contributed by atoms with Crippen molar-refractivity contribution in [2.75, 3.05) is 5.32 Å². The summed E-state index contributed by atoms with van der Waals surface area (Å²) >= 11 is 0. The molecular formula is C14H16F3NO4. The molecule has 0 saturated heterocycles. The minimum atomic E-state index is -4.96. The molecule has 0 aromatic heterocycles. The van der Waals surface area contributed by atoms with Crippen molar-refractivity contribution >= 4 is 17.6 Å². The molecule has 0 aliphatic rings. The first-order valence-corrected chi connectivity index (χ1v) is 6.30. The van der Waals surface area contributed by atoms with Gasteiger partial charge in [0.1, 0.15) is 11.4 Å². The van der Waals surface area contributed by atoms with Gasteiger partial charge in [0.15, 0.2) is 0 Å². The third kappa shape index (κ3) is 5.63. The number of amides is 1. The van der Waals surface area contributed by atoms with Crippen molar-refractivity contribution in [2.45, 2.75) is 39.0 Å². The smallest absolute Gasteiger partial charge is 0.450 e. The van der Waals surface area contributed by atoms with Gasteiger partial charge in [0.2, 0.25) is 5.78 Å². The van der Waals surface area contributed by atoms with E-state index in [9.17, 15) is 27.9 Å². The predicted octanol–water partition coefficient (Wildman–Crippen LogP) is 3.41. The Morgan fingerprint density at radius 3 is 2.27 bits per heavy atom. The fourth-order valence-electron chi connectivity index (χ4n) is 1.49. The lowest BCUT2D eigenvalue weighted by Gasteiger charge is -2.19. The topological polar surface area (TPSA) is 75.6 Å². The van der Waals surface area contributed by atoms with E-state index in [1.165, 1.54) is 6.07 Å². The number of hydrogen-bond acceptors (Lipinski definition) is 4. The lowest BCUT2D eigenvalue weighted by atomic mass is 10.1. The van der Waals surface area contributed by atoms with Gasteiger partial charge in [-0.3, -0.25) is 10.1 Å². The lowest BCUT2D eigenvalue weighted by molar-refractivity contribution is -0.170. The van der Waals surface area contributed by atoms with Gasteiger partial charge in [-0.05, 0) is 26.8 Å². The minimum absolute atomic E-state index is 0.134. The number of aromatic hydroxyl groups is 1. The summed E-state index contributed by atoms with van der Waals surface area (Å²) in [4.78, 5) is 22.4. The molecule has 1 amide bonds. The molecule has 0 aliphatic heterocycles. The molecule has 0 bridgehead atoms. The number of phenols is 1. The van der Waals surface area contributed by atoms with E-state index in [0.29, 0.717) is 0 Å². The number of halogens is 3. The third-order valence-corrected chi connectivity index (χ3v) is 2.40. The van der Waals surface area contributed by atoms with Crippen molar-refractivity contribution in [1.82, 2.24) is 0 Å². The highest BCUT2D eigenvalue weighted by Gasteiger charge is 2.38.